The SMILES string of the molecule is CN(c1cc(C(N)=S)ccn1)C1CCS(=O)(=O)C1. The number of sulfone groups is 1. The Morgan fingerprint density at radius 2 is 2.33 bits per heavy atom. The van der Waals surface area contributed by atoms with Crippen molar-refractivity contribution < 1.29 is 8.42 Å². The largest absolute Gasteiger partial charge is 0.389 e. The van der Waals surface area contributed by atoms with E-state index >= 15 is 0 Å². The second-order valence-electron chi connectivity index (χ2n) is 4.43. The molecule has 0 amide bonds. The average Bonchev–Trinajstić information content (AvgIpc) is 2.69. The van der Waals surface area contributed by atoms with E-state index in [0.717, 1.165) is 5.56 Å². The number of nitrogens with zero attached hydrogens (tertiary/aromatic N) is 2. The number of rotatable bonds is 3. The molecule has 1 fully saturated rings. The molecule has 1 aliphatic rings. The number of anilines is 1. The molecule has 1 atom stereocenters. The molecule has 1 aromatic heterocycles. The molecule has 1 aromatic rings. The molecule has 1 unspecified atom stereocenters. The number of aromatic nitrogens is 1. The Morgan fingerprint density at radius 3 is 2.89 bits per heavy atom. The highest BCUT2D eigenvalue weighted by Gasteiger charge is 2.31. The van der Waals surface area contributed by atoms with Gasteiger partial charge in [0.15, 0.2) is 9.84 Å². The molecular weight excluding hydrogens is 270 g/mol. The van der Waals surface area contributed by atoms with Crippen LogP contribution in [0.4, 0.5) is 5.82 Å². The van der Waals surface area contributed by atoms with Crippen LogP contribution in [-0.4, -0.2) is 43.0 Å². The fourth-order valence-electron chi connectivity index (χ4n) is 2.03. The summed E-state index contributed by atoms with van der Waals surface area (Å²) in [7, 11) is -1.05. The van der Waals surface area contributed by atoms with Crippen molar-refractivity contribution in [1.82, 2.24) is 4.98 Å². The summed E-state index contributed by atoms with van der Waals surface area (Å²) in [6, 6.07) is 3.50. The Balaban J connectivity index is 2.21. The summed E-state index contributed by atoms with van der Waals surface area (Å²) in [5.41, 5.74) is 6.31. The molecule has 7 heteroatoms. The summed E-state index contributed by atoms with van der Waals surface area (Å²) >= 11 is 4.92. The topological polar surface area (TPSA) is 76.3 Å². The molecule has 1 aliphatic heterocycles. The predicted molar refractivity (Wildman–Crippen MR) is 75.6 cm³/mol. The van der Waals surface area contributed by atoms with Crippen molar-refractivity contribution in [3.63, 3.8) is 0 Å². The van der Waals surface area contributed by atoms with Crippen LogP contribution >= 0.6 is 12.2 Å². The first-order valence-corrected chi connectivity index (χ1v) is 7.81. The van der Waals surface area contributed by atoms with Crippen molar-refractivity contribution in [3.8, 4) is 0 Å². The van der Waals surface area contributed by atoms with Crippen LogP contribution in [0.15, 0.2) is 18.3 Å². The molecule has 1 saturated heterocycles. The molecule has 0 radical (unpaired) electrons. The highest BCUT2D eigenvalue weighted by molar-refractivity contribution is 7.91. The summed E-state index contributed by atoms with van der Waals surface area (Å²) in [6.45, 7) is 0. The number of pyridine rings is 1. The van der Waals surface area contributed by atoms with Crippen LogP contribution < -0.4 is 10.6 Å². The zero-order valence-corrected chi connectivity index (χ0v) is 11.7. The fourth-order valence-corrected chi connectivity index (χ4v) is 3.93. The smallest absolute Gasteiger partial charge is 0.152 e. The summed E-state index contributed by atoms with van der Waals surface area (Å²) in [4.78, 5) is 6.42. The molecular formula is C11H15N3O2S2. The molecule has 18 heavy (non-hydrogen) atoms. The first-order chi connectivity index (χ1) is 8.39. The van der Waals surface area contributed by atoms with Crippen molar-refractivity contribution in [2.45, 2.75) is 12.5 Å². The lowest BCUT2D eigenvalue weighted by Crippen LogP contribution is -2.33. The van der Waals surface area contributed by atoms with E-state index < -0.39 is 9.84 Å². The Hall–Kier alpha value is -1.21. The van der Waals surface area contributed by atoms with Gasteiger partial charge in [0.1, 0.15) is 10.8 Å². The lowest BCUT2D eigenvalue weighted by Gasteiger charge is -2.24. The molecule has 2 heterocycles. The fraction of sp³-hybridized carbons (Fsp3) is 0.455. The van der Waals surface area contributed by atoms with Crippen LogP contribution in [0.5, 0.6) is 0 Å². The van der Waals surface area contributed by atoms with Crippen molar-refractivity contribution in [2.75, 3.05) is 23.5 Å². The molecule has 5 nitrogen and oxygen atoms in total. The maximum Gasteiger partial charge on any atom is 0.152 e. The van der Waals surface area contributed by atoms with Crippen molar-refractivity contribution in [1.29, 1.82) is 0 Å². The first-order valence-electron chi connectivity index (χ1n) is 5.58. The third-order valence-electron chi connectivity index (χ3n) is 3.15. The predicted octanol–water partition coefficient (Wildman–Crippen LogP) is 0.339. The van der Waals surface area contributed by atoms with Gasteiger partial charge >= 0.3 is 0 Å². The van der Waals surface area contributed by atoms with Crippen molar-refractivity contribution in [3.05, 3.63) is 23.9 Å². The van der Waals surface area contributed by atoms with Gasteiger partial charge in [0, 0.05) is 24.8 Å². The highest BCUT2D eigenvalue weighted by atomic mass is 32.2. The Morgan fingerprint density at radius 1 is 1.61 bits per heavy atom. The summed E-state index contributed by atoms with van der Waals surface area (Å²) in [6.07, 6.45) is 2.27. The van der Waals surface area contributed by atoms with Crippen LogP contribution in [0, 0.1) is 0 Å². The summed E-state index contributed by atoms with van der Waals surface area (Å²) in [5, 5.41) is 0. The second kappa shape index (κ2) is 4.81. The van der Waals surface area contributed by atoms with E-state index in [-0.39, 0.29) is 17.5 Å². The van der Waals surface area contributed by atoms with Gasteiger partial charge in [-0.15, -0.1) is 0 Å². The van der Waals surface area contributed by atoms with Gasteiger partial charge in [-0.1, -0.05) is 12.2 Å². The number of hydrogen-bond donors (Lipinski definition) is 1. The molecule has 0 bridgehead atoms. The summed E-state index contributed by atoms with van der Waals surface area (Å²) in [5.74, 6) is 1.13. The molecule has 0 aromatic carbocycles. The minimum Gasteiger partial charge on any atom is -0.389 e. The Kier molecular flexibility index (Phi) is 3.54. The Bertz CT molecular complexity index is 571. The first kappa shape index (κ1) is 13.2. The normalized spacial score (nSPS) is 21.7. The number of thiocarbonyl (C=S) groups is 1. The van der Waals surface area contributed by atoms with Crippen LogP contribution in [0.3, 0.4) is 0 Å². The minimum absolute atomic E-state index is 0.0240. The molecule has 0 saturated carbocycles. The minimum atomic E-state index is -2.89. The molecule has 2 N–H and O–H groups in total. The van der Waals surface area contributed by atoms with E-state index in [1.807, 2.05) is 11.9 Å². The van der Waals surface area contributed by atoms with E-state index in [2.05, 4.69) is 4.98 Å². The van der Waals surface area contributed by atoms with Crippen LogP contribution in [0.1, 0.15) is 12.0 Å². The third-order valence-corrected chi connectivity index (χ3v) is 5.13. The zero-order chi connectivity index (χ0) is 13.3. The van der Waals surface area contributed by atoms with Gasteiger partial charge in [-0.3, -0.25) is 0 Å². The van der Waals surface area contributed by atoms with Gasteiger partial charge in [0.05, 0.1) is 11.5 Å². The molecule has 0 spiro atoms. The maximum atomic E-state index is 11.5. The zero-order valence-electron chi connectivity index (χ0n) is 10.0. The van der Waals surface area contributed by atoms with E-state index in [9.17, 15) is 8.42 Å². The highest BCUT2D eigenvalue weighted by Crippen LogP contribution is 2.21. The Labute approximate surface area is 112 Å². The average molecular weight is 285 g/mol. The monoisotopic (exact) mass is 285 g/mol. The van der Waals surface area contributed by atoms with Gasteiger partial charge in [-0.05, 0) is 18.6 Å². The van der Waals surface area contributed by atoms with Gasteiger partial charge in [0.25, 0.3) is 0 Å². The van der Waals surface area contributed by atoms with Crippen molar-refractivity contribution in [2.24, 2.45) is 5.73 Å². The van der Waals surface area contributed by atoms with Gasteiger partial charge < -0.3 is 10.6 Å². The molecule has 2 rings (SSSR count). The van der Waals surface area contributed by atoms with E-state index in [0.29, 0.717) is 17.2 Å². The third kappa shape index (κ3) is 2.78. The van der Waals surface area contributed by atoms with E-state index in [1.165, 1.54) is 0 Å². The van der Waals surface area contributed by atoms with Crippen molar-refractivity contribution >= 4 is 32.9 Å². The van der Waals surface area contributed by atoms with Crippen LogP contribution in [0.25, 0.3) is 0 Å². The van der Waals surface area contributed by atoms with Gasteiger partial charge in [0.2, 0.25) is 0 Å². The van der Waals surface area contributed by atoms with E-state index in [1.54, 1.807) is 18.3 Å². The molecule has 0 aliphatic carbocycles. The quantitative estimate of drug-likeness (QED) is 0.807. The van der Waals surface area contributed by atoms with E-state index in [4.69, 9.17) is 18.0 Å². The summed E-state index contributed by atoms with van der Waals surface area (Å²) < 4.78 is 22.9. The van der Waals surface area contributed by atoms with Gasteiger partial charge in [-0.2, -0.15) is 0 Å². The van der Waals surface area contributed by atoms with Crippen LogP contribution in [0.2, 0.25) is 0 Å². The lowest BCUT2D eigenvalue weighted by molar-refractivity contribution is 0.600. The van der Waals surface area contributed by atoms with Gasteiger partial charge in [-0.25, -0.2) is 13.4 Å². The molecule has 98 valence electrons. The lowest BCUT2D eigenvalue weighted by atomic mass is 10.2. The number of nitrogens with two attached hydrogens (primary N) is 1. The maximum absolute atomic E-state index is 11.5. The standard InChI is InChI=1S/C11H15N3O2S2/c1-14(9-3-5-18(15,16)7-9)10-6-8(11(12)17)2-4-13-10/h2,4,6,9H,3,5,7H2,1H3,(H2,12,17). The number of hydrogen-bond acceptors (Lipinski definition) is 5. The second-order valence-corrected chi connectivity index (χ2v) is 7.10. The van der Waals surface area contributed by atoms with Crippen LogP contribution in [-0.2, 0) is 9.84 Å².